The minimum absolute atomic E-state index is 0.338. The van der Waals surface area contributed by atoms with Crippen molar-refractivity contribution in [2.45, 2.75) is 26.7 Å². The van der Waals surface area contributed by atoms with E-state index >= 15 is 0 Å². The Morgan fingerprint density at radius 1 is 1.15 bits per heavy atom. The molecule has 0 spiro atoms. The van der Waals surface area contributed by atoms with E-state index in [1.807, 2.05) is 25.1 Å². The summed E-state index contributed by atoms with van der Waals surface area (Å²) in [4.78, 5) is 23.8. The van der Waals surface area contributed by atoms with Crippen molar-refractivity contribution in [1.29, 1.82) is 0 Å². The summed E-state index contributed by atoms with van der Waals surface area (Å²) in [5.74, 6) is -0.591. The second kappa shape index (κ2) is 9.20. The van der Waals surface area contributed by atoms with Crippen LogP contribution in [0, 0.1) is 6.92 Å². The number of hydrogen-bond acceptors (Lipinski definition) is 3. The van der Waals surface area contributed by atoms with E-state index in [9.17, 15) is 9.59 Å². The van der Waals surface area contributed by atoms with Crippen molar-refractivity contribution >= 4 is 35.2 Å². The fourth-order valence-corrected chi connectivity index (χ4v) is 2.37. The summed E-state index contributed by atoms with van der Waals surface area (Å²) in [7, 11) is 0. The zero-order valence-electron chi connectivity index (χ0n) is 15.1. The maximum Gasteiger partial charge on any atom is 0.331 e. The Labute approximate surface area is 158 Å². The molecule has 0 saturated carbocycles. The Morgan fingerprint density at radius 3 is 2.50 bits per heavy atom. The van der Waals surface area contributed by atoms with Gasteiger partial charge in [0.2, 0.25) is 0 Å². The summed E-state index contributed by atoms with van der Waals surface area (Å²) >= 11 is 5.80. The molecule has 26 heavy (non-hydrogen) atoms. The molecule has 2 aromatic carbocycles. The molecule has 0 aliphatic rings. The van der Waals surface area contributed by atoms with Crippen LogP contribution in [0.4, 0.5) is 5.69 Å². The molecule has 0 heterocycles. The number of ether oxygens (including phenoxy) is 1. The third-order valence-electron chi connectivity index (χ3n) is 3.83. The maximum absolute atomic E-state index is 12.0. The molecule has 1 N–H and O–H groups in total. The highest BCUT2D eigenvalue weighted by Crippen LogP contribution is 2.22. The van der Waals surface area contributed by atoms with Crippen LogP contribution in [0.3, 0.4) is 0 Å². The second-order valence-electron chi connectivity index (χ2n) is 6.27. The van der Waals surface area contributed by atoms with Crippen molar-refractivity contribution in [3.63, 3.8) is 0 Å². The first-order valence-corrected chi connectivity index (χ1v) is 8.74. The average molecular weight is 372 g/mol. The predicted octanol–water partition coefficient (Wildman–Crippen LogP) is 4.97. The number of amides is 1. The first kappa shape index (κ1) is 19.7. The van der Waals surface area contributed by atoms with Crippen molar-refractivity contribution in [2.75, 3.05) is 11.9 Å². The highest BCUT2D eigenvalue weighted by Gasteiger charge is 2.09. The number of halogens is 1. The Morgan fingerprint density at radius 2 is 1.85 bits per heavy atom. The minimum atomic E-state index is -0.581. The number of rotatable bonds is 6. The molecule has 5 heteroatoms. The van der Waals surface area contributed by atoms with E-state index in [1.54, 1.807) is 30.3 Å². The van der Waals surface area contributed by atoms with Crippen LogP contribution in [-0.2, 0) is 14.3 Å². The summed E-state index contributed by atoms with van der Waals surface area (Å²) in [6.45, 7) is 5.76. The van der Waals surface area contributed by atoms with Crippen molar-refractivity contribution < 1.29 is 14.3 Å². The van der Waals surface area contributed by atoms with Gasteiger partial charge >= 0.3 is 5.97 Å². The van der Waals surface area contributed by atoms with E-state index in [4.69, 9.17) is 16.3 Å². The molecule has 2 rings (SSSR count). The van der Waals surface area contributed by atoms with Crippen LogP contribution in [0.1, 0.15) is 36.5 Å². The highest BCUT2D eigenvalue weighted by molar-refractivity contribution is 6.30. The number of anilines is 1. The first-order chi connectivity index (χ1) is 12.3. The van der Waals surface area contributed by atoms with Gasteiger partial charge in [0.05, 0.1) is 0 Å². The Balaban J connectivity index is 1.87. The van der Waals surface area contributed by atoms with E-state index in [2.05, 4.69) is 19.2 Å². The fraction of sp³-hybridized carbons (Fsp3) is 0.238. The zero-order valence-corrected chi connectivity index (χ0v) is 15.8. The summed E-state index contributed by atoms with van der Waals surface area (Å²) < 4.78 is 4.98. The number of nitrogens with one attached hydrogen (secondary N) is 1. The molecule has 4 nitrogen and oxygen atoms in total. The number of carbonyl (C=O) groups is 2. The Hall–Kier alpha value is -2.59. The molecule has 2 aromatic rings. The molecule has 0 atom stereocenters. The quantitative estimate of drug-likeness (QED) is 0.576. The number of benzene rings is 2. The topological polar surface area (TPSA) is 55.4 Å². The summed E-state index contributed by atoms with van der Waals surface area (Å²) in [5.41, 5.74) is 3.64. The Bertz CT molecular complexity index is 811. The molecule has 0 aliphatic carbocycles. The lowest BCUT2D eigenvalue weighted by atomic mass is 10.0. The van der Waals surface area contributed by atoms with E-state index in [0.29, 0.717) is 10.9 Å². The number of esters is 1. The Kier molecular flexibility index (Phi) is 6.98. The van der Waals surface area contributed by atoms with Gasteiger partial charge in [-0.2, -0.15) is 0 Å². The van der Waals surface area contributed by atoms with Gasteiger partial charge in [0, 0.05) is 16.8 Å². The molecule has 0 radical (unpaired) electrons. The van der Waals surface area contributed by atoms with Gasteiger partial charge in [-0.25, -0.2) is 4.79 Å². The lowest BCUT2D eigenvalue weighted by Gasteiger charge is -2.12. The van der Waals surface area contributed by atoms with Crippen molar-refractivity contribution in [3.8, 4) is 0 Å². The second-order valence-corrected chi connectivity index (χ2v) is 6.71. The predicted molar refractivity (Wildman–Crippen MR) is 105 cm³/mol. The van der Waals surface area contributed by atoms with Crippen molar-refractivity contribution in [2.24, 2.45) is 0 Å². The van der Waals surface area contributed by atoms with Gasteiger partial charge in [-0.05, 0) is 53.8 Å². The molecule has 0 aromatic heterocycles. The summed E-state index contributed by atoms with van der Waals surface area (Å²) in [5, 5.41) is 3.41. The van der Waals surface area contributed by atoms with Crippen LogP contribution in [0.2, 0.25) is 5.02 Å². The molecule has 0 saturated heterocycles. The minimum Gasteiger partial charge on any atom is -0.452 e. The van der Waals surface area contributed by atoms with Gasteiger partial charge in [-0.15, -0.1) is 0 Å². The van der Waals surface area contributed by atoms with E-state index in [0.717, 1.165) is 22.4 Å². The van der Waals surface area contributed by atoms with Gasteiger partial charge < -0.3 is 10.1 Å². The van der Waals surface area contributed by atoms with Gasteiger partial charge in [-0.1, -0.05) is 49.7 Å². The molecule has 0 unspecified atom stereocenters. The number of hydrogen-bond donors (Lipinski definition) is 1. The van der Waals surface area contributed by atoms with Crippen LogP contribution in [0.15, 0.2) is 48.5 Å². The van der Waals surface area contributed by atoms with Crippen LogP contribution >= 0.6 is 11.6 Å². The number of carbonyl (C=O) groups excluding carboxylic acids is 2. The molecule has 136 valence electrons. The lowest BCUT2D eigenvalue weighted by Crippen LogP contribution is -2.20. The SMILES string of the molecule is Cc1ccc(C(C)C)cc1NC(=O)COC(=O)/C=C/c1ccc(Cl)cc1. The largest absolute Gasteiger partial charge is 0.452 e. The highest BCUT2D eigenvalue weighted by atomic mass is 35.5. The van der Waals surface area contributed by atoms with Crippen LogP contribution in [-0.4, -0.2) is 18.5 Å². The van der Waals surface area contributed by atoms with Crippen LogP contribution in [0.5, 0.6) is 0 Å². The van der Waals surface area contributed by atoms with Gasteiger partial charge in [0.25, 0.3) is 5.91 Å². The van der Waals surface area contributed by atoms with Gasteiger partial charge in [0.1, 0.15) is 0 Å². The van der Waals surface area contributed by atoms with Crippen molar-refractivity contribution in [3.05, 3.63) is 70.3 Å². The van der Waals surface area contributed by atoms with Crippen molar-refractivity contribution in [1.82, 2.24) is 0 Å². The van der Waals surface area contributed by atoms with Crippen LogP contribution in [0.25, 0.3) is 6.08 Å². The fourth-order valence-electron chi connectivity index (χ4n) is 2.24. The molecule has 0 bridgehead atoms. The van der Waals surface area contributed by atoms with E-state index in [-0.39, 0.29) is 12.5 Å². The number of aryl methyl sites for hydroxylation is 1. The van der Waals surface area contributed by atoms with E-state index < -0.39 is 5.97 Å². The first-order valence-electron chi connectivity index (χ1n) is 8.36. The maximum atomic E-state index is 12.0. The van der Waals surface area contributed by atoms with Crippen LogP contribution < -0.4 is 5.32 Å². The smallest absolute Gasteiger partial charge is 0.331 e. The van der Waals surface area contributed by atoms with E-state index in [1.165, 1.54) is 6.08 Å². The molecule has 0 fully saturated rings. The summed E-state index contributed by atoms with van der Waals surface area (Å²) in [6.07, 6.45) is 2.88. The average Bonchev–Trinajstić information content (AvgIpc) is 2.61. The summed E-state index contributed by atoms with van der Waals surface area (Å²) in [6, 6.07) is 13.0. The zero-order chi connectivity index (χ0) is 19.1. The molecular formula is C21H22ClNO3. The monoisotopic (exact) mass is 371 g/mol. The lowest BCUT2D eigenvalue weighted by molar-refractivity contribution is -0.142. The standard InChI is InChI=1S/C21H22ClNO3/c1-14(2)17-8-4-15(3)19(12-17)23-20(24)13-26-21(25)11-7-16-5-9-18(22)10-6-16/h4-12,14H,13H2,1-3H3,(H,23,24)/b11-7+. The van der Waals surface area contributed by atoms with Gasteiger partial charge in [-0.3, -0.25) is 4.79 Å². The third kappa shape index (κ3) is 6.05. The molecular weight excluding hydrogens is 350 g/mol. The molecule has 0 aliphatic heterocycles. The van der Waals surface area contributed by atoms with Gasteiger partial charge in [0.15, 0.2) is 6.61 Å². The normalized spacial score (nSPS) is 11.0. The third-order valence-corrected chi connectivity index (χ3v) is 4.08. The molecule has 1 amide bonds.